The zero-order valence-electron chi connectivity index (χ0n) is 11.2. The second-order valence-electron chi connectivity index (χ2n) is 4.24. The standard InChI is InChI=1S/C13H18N4O2/c1-3-5-17-6-4-14-12(17)8-11(18)10-7-13(19-2)16-9-15-10/h4,6-7,9,11,18H,3,5,8H2,1-2H3. The fourth-order valence-electron chi connectivity index (χ4n) is 1.90. The van der Waals surface area contributed by atoms with Crippen molar-refractivity contribution in [2.45, 2.75) is 32.4 Å². The Hall–Kier alpha value is -1.95. The summed E-state index contributed by atoms with van der Waals surface area (Å²) in [5, 5.41) is 10.2. The van der Waals surface area contributed by atoms with Crippen molar-refractivity contribution in [1.82, 2.24) is 19.5 Å². The van der Waals surface area contributed by atoms with Gasteiger partial charge in [0.15, 0.2) is 0 Å². The van der Waals surface area contributed by atoms with Crippen molar-refractivity contribution in [1.29, 1.82) is 0 Å². The van der Waals surface area contributed by atoms with E-state index in [1.807, 2.05) is 10.8 Å². The van der Waals surface area contributed by atoms with Gasteiger partial charge in [-0.25, -0.2) is 15.0 Å². The molecule has 102 valence electrons. The summed E-state index contributed by atoms with van der Waals surface area (Å²) in [6, 6.07) is 1.64. The lowest BCUT2D eigenvalue weighted by molar-refractivity contribution is 0.169. The number of aromatic nitrogens is 4. The summed E-state index contributed by atoms with van der Waals surface area (Å²) in [6.45, 7) is 3.00. The van der Waals surface area contributed by atoms with Gasteiger partial charge < -0.3 is 14.4 Å². The van der Waals surface area contributed by atoms with Gasteiger partial charge in [0.1, 0.15) is 18.3 Å². The molecule has 0 radical (unpaired) electrons. The maximum Gasteiger partial charge on any atom is 0.216 e. The van der Waals surface area contributed by atoms with Crippen LogP contribution in [0, 0.1) is 0 Å². The molecule has 0 fully saturated rings. The molecule has 0 bridgehead atoms. The van der Waals surface area contributed by atoms with Gasteiger partial charge in [0.05, 0.1) is 12.8 Å². The van der Waals surface area contributed by atoms with Crippen molar-refractivity contribution < 1.29 is 9.84 Å². The van der Waals surface area contributed by atoms with Gasteiger partial charge in [-0.2, -0.15) is 0 Å². The molecule has 0 aromatic carbocycles. The SMILES string of the molecule is CCCn1ccnc1CC(O)c1cc(OC)ncn1. The Kier molecular flexibility index (Phi) is 4.46. The number of methoxy groups -OCH3 is 1. The Labute approximate surface area is 112 Å². The molecule has 1 unspecified atom stereocenters. The topological polar surface area (TPSA) is 73.1 Å². The molecule has 1 atom stereocenters. The van der Waals surface area contributed by atoms with Crippen LogP contribution in [0.2, 0.25) is 0 Å². The smallest absolute Gasteiger partial charge is 0.216 e. The maximum absolute atomic E-state index is 10.2. The van der Waals surface area contributed by atoms with Crippen LogP contribution >= 0.6 is 0 Å². The third-order valence-corrected chi connectivity index (χ3v) is 2.86. The molecule has 0 aliphatic rings. The number of hydrogen-bond donors (Lipinski definition) is 1. The van der Waals surface area contributed by atoms with Gasteiger partial charge in [-0.3, -0.25) is 0 Å². The Balaban J connectivity index is 2.11. The summed E-state index contributed by atoms with van der Waals surface area (Å²) >= 11 is 0. The Morgan fingerprint density at radius 2 is 2.21 bits per heavy atom. The van der Waals surface area contributed by atoms with E-state index < -0.39 is 6.10 Å². The number of aliphatic hydroxyl groups excluding tert-OH is 1. The third kappa shape index (κ3) is 3.29. The van der Waals surface area contributed by atoms with Crippen LogP contribution in [0.4, 0.5) is 0 Å². The van der Waals surface area contributed by atoms with Gasteiger partial charge in [0.2, 0.25) is 5.88 Å². The first kappa shape index (κ1) is 13.5. The average molecular weight is 262 g/mol. The van der Waals surface area contributed by atoms with E-state index in [2.05, 4.69) is 21.9 Å². The summed E-state index contributed by atoms with van der Waals surface area (Å²) in [4.78, 5) is 12.3. The highest BCUT2D eigenvalue weighted by Gasteiger charge is 2.14. The van der Waals surface area contributed by atoms with Crippen LogP contribution in [0.25, 0.3) is 0 Å². The monoisotopic (exact) mass is 262 g/mol. The molecule has 6 heteroatoms. The molecule has 0 amide bonds. The Morgan fingerprint density at radius 1 is 1.37 bits per heavy atom. The zero-order chi connectivity index (χ0) is 13.7. The predicted octanol–water partition coefficient (Wildman–Crippen LogP) is 1.37. The normalized spacial score (nSPS) is 12.4. The summed E-state index contributed by atoms with van der Waals surface area (Å²) < 4.78 is 7.06. The molecule has 19 heavy (non-hydrogen) atoms. The number of hydrogen-bond acceptors (Lipinski definition) is 5. The molecule has 1 N–H and O–H groups in total. The lowest BCUT2D eigenvalue weighted by atomic mass is 10.1. The van der Waals surface area contributed by atoms with Crippen molar-refractivity contribution in [2.75, 3.05) is 7.11 Å². The number of aliphatic hydroxyl groups is 1. The van der Waals surface area contributed by atoms with E-state index in [0.29, 0.717) is 18.0 Å². The van der Waals surface area contributed by atoms with Gasteiger partial charge in [-0.1, -0.05) is 6.92 Å². The Morgan fingerprint density at radius 3 is 2.95 bits per heavy atom. The number of rotatable bonds is 6. The van der Waals surface area contributed by atoms with Gasteiger partial charge in [0.25, 0.3) is 0 Å². The predicted molar refractivity (Wildman–Crippen MR) is 69.8 cm³/mol. The van der Waals surface area contributed by atoms with Gasteiger partial charge in [-0.15, -0.1) is 0 Å². The fraction of sp³-hybridized carbons (Fsp3) is 0.462. The molecule has 2 rings (SSSR count). The van der Waals surface area contributed by atoms with E-state index in [4.69, 9.17) is 4.74 Å². The molecule has 0 saturated carbocycles. The zero-order valence-corrected chi connectivity index (χ0v) is 11.2. The largest absolute Gasteiger partial charge is 0.481 e. The first-order valence-electron chi connectivity index (χ1n) is 6.28. The maximum atomic E-state index is 10.2. The number of imidazole rings is 1. The molecule has 2 aromatic rings. The van der Waals surface area contributed by atoms with Crippen LogP contribution in [0.3, 0.4) is 0 Å². The molecule has 0 spiro atoms. The highest BCUT2D eigenvalue weighted by Crippen LogP contribution is 2.18. The van der Waals surface area contributed by atoms with Crippen LogP contribution in [0.15, 0.2) is 24.8 Å². The van der Waals surface area contributed by atoms with E-state index in [0.717, 1.165) is 18.8 Å². The van der Waals surface area contributed by atoms with Gasteiger partial charge in [0, 0.05) is 31.4 Å². The molecule has 6 nitrogen and oxygen atoms in total. The highest BCUT2D eigenvalue weighted by molar-refractivity contribution is 5.16. The minimum atomic E-state index is -0.713. The molecule has 0 aliphatic heterocycles. The second kappa shape index (κ2) is 6.29. The van der Waals surface area contributed by atoms with E-state index in [9.17, 15) is 5.11 Å². The number of aryl methyl sites for hydroxylation is 1. The summed E-state index contributed by atoms with van der Waals surface area (Å²) in [6.07, 6.45) is 5.80. The van der Waals surface area contributed by atoms with Gasteiger partial charge in [-0.05, 0) is 6.42 Å². The van der Waals surface area contributed by atoms with Crippen LogP contribution < -0.4 is 4.74 Å². The van der Waals surface area contributed by atoms with E-state index >= 15 is 0 Å². The molecule has 2 heterocycles. The van der Waals surface area contributed by atoms with Crippen molar-refractivity contribution in [2.24, 2.45) is 0 Å². The van der Waals surface area contributed by atoms with Crippen molar-refractivity contribution in [3.63, 3.8) is 0 Å². The lowest BCUT2D eigenvalue weighted by Crippen LogP contribution is -2.10. The summed E-state index contributed by atoms with van der Waals surface area (Å²) in [5.41, 5.74) is 0.540. The number of nitrogens with zero attached hydrogens (tertiary/aromatic N) is 4. The quantitative estimate of drug-likeness (QED) is 0.851. The van der Waals surface area contributed by atoms with E-state index in [-0.39, 0.29) is 0 Å². The fourth-order valence-corrected chi connectivity index (χ4v) is 1.90. The summed E-state index contributed by atoms with van der Waals surface area (Å²) in [7, 11) is 1.53. The first-order valence-corrected chi connectivity index (χ1v) is 6.28. The van der Waals surface area contributed by atoms with Crippen LogP contribution in [-0.2, 0) is 13.0 Å². The van der Waals surface area contributed by atoms with Crippen LogP contribution in [0.5, 0.6) is 5.88 Å². The van der Waals surface area contributed by atoms with Crippen molar-refractivity contribution in [3.05, 3.63) is 36.3 Å². The van der Waals surface area contributed by atoms with Crippen molar-refractivity contribution >= 4 is 0 Å². The lowest BCUT2D eigenvalue weighted by Gasteiger charge is -2.12. The highest BCUT2D eigenvalue weighted by atomic mass is 16.5. The minimum Gasteiger partial charge on any atom is -0.481 e. The third-order valence-electron chi connectivity index (χ3n) is 2.86. The average Bonchev–Trinajstić information content (AvgIpc) is 2.86. The van der Waals surface area contributed by atoms with E-state index in [1.54, 1.807) is 12.3 Å². The number of ether oxygens (including phenoxy) is 1. The Bertz CT molecular complexity index is 527. The minimum absolute atomic E-state index is 0.424. The van der Waals surface area contributed by atoms with Crippen LogP contribution in [-0.4, -0.2) is 31.7 Å². The van der Waals surface area contributed by atoms with Crippen molar-refractivity contribution in [3.8, 4) is 5.88 Å². The molecule has 0 aliphatic carbocycles. The van der Waals surface area contributed by atoms with Gasteiger partial charge >= 0.3 is 0 Å². The molecular weight excluding hydrogens is 244 g/mol. The van der Waals surface area contributed by atoms with E-state index in [1.165, 1.54) is 13.4 Å². The molecular formula is C13H18N4O2. The molecule has 2 aromatic heterocycles. The first-order chi connectivity index (χ1) is 9.24. The molecule has 0 saturated heterocycles. The summed E-state index contributed by atoms with van der Waals surface area (Å²) in [5.74, 6) is 1.30. The second-order valence-corrected chi connectivity index (χ2v) is 4.24. The van der Waals surface area contributed by atoms with Crippen LogP contribution in [0.1, 0.15) is 31.0 Å².